The number of carbonyl (C=O) groups excluding carboxylic acids is 1. The van der Waals surface area contributed by atoms with Crippen LogP contribution in [0, 0.1) is 53.8 Å². The lowest BCUT2D eigenvalue weighted by Crippen LogP contribution is -2.34. The number of terminal acetylenes is 1. The molecule has 0 fully saturated rings. The quantitative estimate of drug-likeness (QED) is 0.0718. The number of carbonyl (C=O) groups is 1. The molecule has 1 amide bonds. The molecule has 58 heavy (non-hydrogen) atoms. The van der Waals surface area contributed by atoms with Crippen LogP contribution >= 0.6 is 11.8 Å². The maximum Gasteiger partial charge on any atom is 0.273 e. The van der Waals surface area contributed by atoms with Crippen molar-refractivity contribution in [2.75, 3.05) is 18.1 Å². The van der Waals surface area contributed by atoms with Crippen LogP contribution < -0.4 is 20.2 Å². The zero-order valence-corrected chi connectivity index (χ0v) is 34.8. The number of fused-ring (bicyclic) bond motifs is 2. The van der Waals surface area contributed by atoms with Crippen LogP contribution in [-0.4, -0.2) is 50.0 Å². The molecule has 2 atom stereocenters. The molecule has 10 heteroatoms. The number of hydrogen-bond acceptors (Lipinski definition) is 8. The highest BCUT2D eigenvalue weighted by molar-refractivity contribution is 8.03. The summed E-state index contributed by atoms with van der Waals surface area (Å²) in [7, 11) is 0. The highest BCUT2D eigenvalue weighted by Gasteiger charge is 2.25. The van der Waals surface area contributed by atoms with Crippen molar-refractivity contribution < 1.29 is 14.6 Å². The maximum atomic E-state index is 13.8. The van der Waals surface area contributed by atoms with Crippen molar-refractivity contribution in [2.45, 2.75) is 103 Å². The van der Waals surface area contributed by atoms with E-state index in [9.17, 15) is 9.90 Å². The number of aromatic hydroxyl groups is 1. The summed E-state index contributed by atoms with van der Waals surface area (Å²) in [6.45, 7) is 9.87. The van der Waals surface area contributed by atoms with Crippen LogP contribution in [0.25, 0.3) is 23.1 Å². The number of rotatable bonds is 19. The summed E-state index contributed by atoms with van der Waals surface area (Å²) in [5.41, 5.74) is 2.10. The van der Waals surface area contributed by atoms with Gasteiger partial charge in [0, 0.05) is 11.4 Å². The molecule has 0 aliphatic carbocycles. The molecule has 298 valence electrons. The van der Waals surface area contributed by atoms with E-state index < -0.39 is 11.9 Å². The monoisotopic (exact) mass is 792 g/mol. The van der Waals surface area contributed by atoms with Crippen LogP contribution in [0.5, 0.6) is 11.5 Å². The number of anilines is 1. The van der Waals surface area contributed by atoms with E-state index in [1.54, 1.807) is 36.9 Å². The minimum atomic E-state index is -0.557. The highest BCUT2D eigenvalue weighted by atomic mass is 32.2. The minimum Gasteiger partial charge on any atom is -0.507 e. The van der Waals surface area contributed by atoms with Gasteiger partial charge in [-0.25, -0.2) is 0 Å². The summed E-state index contributed by atoms with van der Waals surface area (Å²) in [6, 6.07) is 13.0. The standard InChI is InChI=1S/C48H52N6O3S/c1-6-10-13-15-17-19-25-36(5)49-48(56)45-39(27-20-23-30-44-53(33-24-18-16-14-11-7-2)41-28-21-22-29-43(41)58-44)46-50-51-47(54(46)52-45)40-34-38(31-32-42(40)55)57-35-37(9-4)26-12-8-3/h1,20-23,27-32,34,36-37,55H,7-9,11-12,14,16,18,24,26,33,35H2,2-5H3,(H,49,56)/b23-20+,39-27-,44-30-. The average Bonchev–Trinajstić information content (AvgIpc) is 3.92. The van der Waals surface area contributed by atoms with E-state index in [4.69, 9.17) is 16.3 Å². The lowest BCUT2D eigenvalue weighted by atomic mass is 10.0. The molecular weight excluding hydrogens is 741 g/mol. The van der Waals surface area contributed by atoms with Crippen molar-refractivity contribution in [2.24, 2.45) is 5.92 Å². The van der Waals surface area contributed by atoms with Gasteiger partial charge in [0.1, 0.15) is 11.5 Å². The molecule has 2 unspecified atom stereocenters. The molecule has 0 saturated heterocycles. The lowest BCUT2D eigenvalue weighted by Gasteiger charge is -2.20. The Morgan fingerprint density at radius 3 is 2.52 bits per heavy atom. The van der Waals surface area contributed by atoms with Gasteiger partial charge in [-0.2, -0.15) is 9.61 Å². The van der Waals surface area contributed by atoms with Crippen LogP contribution in [0.3, 0.4) is 0 Å². The van der Waals surface area contributed by atoms with E-state index in [1.807, 2.05) is 18.2 Å². The average molecular weight is 793 g/mol. The van der Waals surface area contributed by atoms with Crippen molar-refractivity contribution >= 4 is 35.1 Å². The van der Waals surface area contributed by atoms with Crippen LogP contribution in [0.2, 0.25) is 0 Å². The number of aromatic nitrogens is 4. The molecule has 4 aromatic rings. The van der Waals surface area contributed by atoms with Crippen LogP contribution in [0.1, 0.15) is 102 Å². The van der Waals surface area contributed by atoms with Crippen LogP contribution in [-0.2, 0) is 0 Å². The highest BCUT2D eigenvalue weighted by Crippen LogP contribution is 2.45. The Morgan fingerprint density at radius 2 is 1.71 bits per heavy atom. The fourth-order valence-electron chi connectivity index (χ4n) is 6.51. The van der Waals surface area contributed by atoms with Gasteiger partial charge in [-0.3, -0.25) is 4.79 Å². The van der Waals surface area contributed by atoms with Crippen molar-refractivity contribution in [1.29, 1.82) is 0 Å². The normalized spacial score (nSPS) is 13.9. The number of phenolic OH excluding ortho intramolecular Hbond substituents is 1. The Kier molecular flexibility index (Phi) is 16.8. The zero-order valence-electron chi connectivity index (χ0n) is 34.0. The number of hydrogen-bond donors (Lipinski definition) is 2. The van der Waals surface area contributed by atoms with E-state index in [0.717, 1.165) is 43.7 Å². The fraction of sp³-hybridized carbons (Fsp3) is 0.375. The Hall–Kier alpha value is -6.07. The van der Waals surface area contributed by atoms with Crippen molar-refractivity contribution in [3.05, 3.63) is 76.6 Å². The number of phenols is 1. The van der Waals surface area contributed by atoms with Crippen molar-refractivity contribution in [3.8, 4) is 70.8 Å². The number of benzene rings is 2. The third kappa shape index (κ3) is 11.7. The van der Waals surface area contributed by atoms with Crippen molar-refractivity contribution in [3.63, 3.8) is 0 Å². The first-order valence-corrected chi connectivity index (χ1v) is 21.1. The first-order chi connectivity index (χ1) is 28.4. The molecule has 2 N–H and O–H groups in total. The minimum absolute atomic E-state index is 0.0109. The van der Waals surface area contributed by atoms with Gasteiger partial charge in [0.05, 0.1) is 34.1 Å². The van der Waals surface area contributed by atoms with Crippen LogP contribution in [0.15, 0.2) is 70.6 Å². The lowest BCUT2D eigenvalue weighted by molar-refractivity contribution is 0.0942. The summed E-state index contributed by atoms with van der Waals surface area (Å²) >= 11 is 1.75. The molecule has 0 spiro atoms. The smallest absolute Gasteiger partial charge is 0.273 e. The molecular formula is C48H52N6O3S. The number of para-hydroxylation sites is 1. The predicted octanol–water partition coefficient (Wildman–Crippen LogP) is 8.72. The Morgan fingerprint density at radius 1 is 0.948 bits per heavy atom. The summed E-state index contributed by atoms with van der Waals surface area (Å²) in [5.74, 6) is 18.7. The molecule has 0 radical (unpaired) electrons. The number of nitrogens with zero attached hydrogens (tertiary/aromatic N) is 5. The van der Waals surface area contributed by atoms with Gasteiger partial charge < -0.3 is 20.1 Å². The number of ether oxygens (including phenoxy) is 1. The molecule has 0 bridgehead atoms. The van der Waals surface area contributed by atoms with E-state index in [-0.39, 0.29) is 17.3 Å². The van der Waals surface area contributed by atoms with Gasteiger partial charge in [-0.1, -0.05) is 114 Å². The molecule has 5 rings (SSSR count). The summed E-state index contributed by atoms with van der Waals surface area (Å²) in [6.07, 6.45) is 24.7. The Balaban J connectivity index is 1.46. The first-order valence-electron chi connectivity index (χ1n) is 20.3. The topological polar surface area (TPSA) is 105 Å². The van der Waals surface area contributed by atoms with Gasteiger partial charge in [-0.15, -0.1) is 16.6 Å². The number of nitrogens with one attached hydrogen (secondary N) is 1. The second kappa shape index (κ2) is 22.6. The predicted molar refractivity (Wildman–Crippen MR) is 236 cm³/mol. The molecule has 1 aliphatic rings. The largest absolute Gasteiger partial charge is 0.507 e. The van der Waals surface area contributed by atoms with Gasteiger partial charge in [0.25, 0.3) is 5.91 Å². The van der Waals surface area contributed by atoms with Crippen molar-refractivity contribution in [1.82, 2.24) is 25.1 Å². The Labute approximate surface area is 347 Å². The van der Waals surface area contributed by atoms with E-state index >= 15 is 0 Å². The third-order valence-electron chi connectivity index (χ3n) is 9.73. The SMILES string of the molecule is C#CC#CC#CC#CC(C)NC(=O)c1nn2c(-c3cc(OCC(CC)CCCC)ccc3O)nnc2\c1=C/C=C/C=C1\Sc2ccccc2N1CCCCCCCC. The van der Waals surface area contributed by atoms with Gasteiger partial charge in [0.15, 0.2) is 17.2 Å². The second-order valence-corrected chi connectivity index (χ2v) is 15.1. The molecule has 3 heterocycles. The molecule has 2 aromatic heterocycles. The van der Waals surface area contributed by atoms with Gasteiger partial charge in [-0.05, 0) is 104 Å². The number of amides is 1. The van der Waals surface area contributed by atoms with Crippen LogP contribution in [0.4, 0.5) is 5.69 Å². The summed E-state index contributed by atoms with van der Waals surface area (Å²) in [4.78, 5) is 17.4. The number of thioether (sulfide) groups is 1. The zero-order chi connectivity index (χ0) is 41.1. The van der Waals surface area contributed by atoms with E-state index in [0.29, 0.717) is 34.7 Å². The molecule has 2 aromatic carbocycles. The maximum absolute atomic E-state index is 13.8. The van der Waals surface area contributed by atoms with Gasteiger partial charge >= 0.3 is 0 Å². The Bertz CT molecular complexity index is 2390. The molecule has 0 saturated carbocycles. The third-order valence-corrected chi connectivity index (χ3v) is 10.9. The van der Waals surface area contributed by atoms with E-state index in [2.05, 4.69) is 113 Å². The number of allylic oxidation sites excluding steroid dienone is 3. The number of unbranched alkanes of at least 4 members (excludes halogenated alkanes) is 6. The molecule has 1 aliphatic heterocycles. The van der Waals surface area contributed by atoms with E-state index in [1.165, 1.54) is 47.2 Å². The molecule has 9 nitrogen and oxygen atoms in total. The first kappa shape index (κ1) is 43.1. The van der Waals surface area contributed by atoms with Gasteiger partial charge in [0.2, 0.25) is 0 Å². The summed E-state index contributed by atoms with van der Waals surface area (Å²) < 4.78 is 7.68. The fourth-order valence-corrected chi connectivity index (χ4v) is 7.61. The second-order valence-electron chi connectivity index (χ2n) is 14.1. The summed E-state index contributed by atoms with van der Waals surface area (Å²) in [5, 5.41) is 29.1.